The van der Waals surface area contributed by atoms with Crippen LogP contribution in [-0.4, -0.2) is 30.8 Å². The molecule has 0 bridgehead atoms. The fourth-order valence-electron chi connectivity index (χ4n) is 2.55. The number of nitrogens with one attached hydrogen (secondary N) is 2. The number of benzene rings is 2. The van der Waals surface area contributed by atoms with Crippen LogP contribution in [0.5, 0.6) is 5.75 Å². The first kappa shape index (κ1) is 25.0. The summed E-state index contributed by atoms with van der Waals surface area (Å²) in [5.74, 6) is -0.634. The van der Waals surface area contributed by atoms with Gasteiger partial charge in [-0.05, 0) is 31.5 Å². The maximum atomic E-state index is 14.1. The minimum absolute atomic E-state index is 0. The Bertz CT molecular complexity index is 790. The highest BCUT2D eigenvalue weighted by Gasteiger charge is 2.23. The second kappa shape index (κ2) is 11.9. The third kappa shape index (κ3) is 7.73. The molecule has 0 aliphatic heterocycles. The molecule has 0 aliphatic rings. The van der Waals surface area contributed by atoms with E-state index in [1.165, 1.54) is 12.1 Å². The normalized spacial score (nSPS) is 13.4. The van der Waals surface area contributed by atoms with Gasteiger partial charge in [-0.15, -0.1) is 24.0 Å². The van der Waals surface area contributed by atoms with Crippen LogP contribution < -0.4 is 15.4 Å². The van der Waals surface area contributed by atoms with Crippen molar-refractivity contribution in [1.82, 2.24) is 10.6 Å². The predicted molar refractivity (Wildman–Crippen MR) is 117 cm³/mol. The van der Waals surface area contributed by atoms with E-state index in [2.05, 4.69) is 20.4 Å². The zero-order valence-electron chi connectivity index (χ0n) is 16.2. The molecule has 1 atom stereocenters. The highest BCUT2D eigenvalue weighted by Crippen LogP contribution is 2.24. The fraction of sp³-hybridized carbons (Fsp3) is 0.350. The molecule has 0 radical (unpaired) electrons. The number of aliphatic hydroxyl groups is 1. The maximum Gasteiger partial charge on any atom is 0.387 e. The summed E-state index contributed by atoms with van der Waals surface area (Å²) in [5.41, 5.74) is -0.519. The van der Waals surface area contributed by atoms with Gasteiger partial charge in [0, 0.05) is 6.54 Å². The molecule has 0 saturated heterocycles. The predicted octanol–water partition coefficient (Wildman–Crippen LogP) is 4.01. The van der Waals surface area contributed by atoms with Gasteiger partial charge in [-0.3, -0.25) is 0 Å². The number of halogens is 4. The minimum atomic E-state index is -3.06. The molecule has 0 aliphatic carbocycles. The zero-order valence-corrected chi connectivity index (χ0v) is 18.5. The molecule has 0 saturated carbocycles. The number of nitrogens with zero attached hydrogens (tertiary/aromatic N) is 1. The first-order valence-corrected chi connectivity index (χ1v) is 8.85. The molecule has 0 aromatic heterocycles. The summed E-state index contributed by atoms with van der Waals surface area (Å²) < 4.78 is 43.5. The molecule has 29 heavy (non-hydrogen) atoms. The number of hydrogen-bond acceptors (Lipinski definition) is 3. The van der Waals surface area contributed by atoms with E-state index in [-0.39, 0.29) is 48.4 Å². The largest absolute Gasteiger partial charge is 0.434 e. The molecule has 0 spiro atoms. The molecule has 2 rings (SSSR count). The number of rotatable bonds is 8. The van der Waals surface area contributed by atoms with Crippen LogP contribution in [0.1, 0.15) is 25.0 Å². The monoisotopic (exact) mass is 523 g/mol. The SMILES string of the molecule is CCNC(=NCc1c(F)cccc1OC(F)F)NCC(C)(O)c1ccccc1.I. The molecule has 160 valence electrons. The van der Waals surface area contributed by atoms with E-state index in [1.807, 2.05) is 25.1 Å². The summed E-state index contributed by atoms with van der Waals surface area (Å²) in [5, 5.41) is 16.6. The van der Waals surface area contributed by atoms with Gasteiger partial charge in [0.05, 0.1) is 18.7 Å². The molecule has 2 aromatic rings. The van der Waals surface area contributed by atoms with Gasteiger partial charge in [-0.1, -0.05) is 36.4 Å². The Morgan fingerprint density at radius 3 is 2.45 bits per heavy atom. The van der Waals surface area contributed by atoms with Crippen molar-refractivity contribution < 1.29 is 23.0 Å². The smallest absolute Gasteiger partial charge is 0.387 e. The van der Waals surface area contributed by atoms with Crippen molar-refractivity contribution in [1.29, 1.82) is 0 Å². The average molecular weight is 523 g/mol. The van der Waals surface area contributed by atoms with Gasteiger partial charge in [0.2, 0.25) is 0 Å². The second-order valence-corrected chi connectivity index (χ2v) is 6.28. The van der Waals surface area contributed by atoms with Crippen molar-refractivity contribution in [2.75, 3.05) is 13.1 Å². The van der Waals surface area contributed by atoms with Crippen LogP contribution in [0.15, 0.2) is 53.5 Å². The van der Waals surface area contributed by atoms with Crippen LogP contribution in [-0.2, 0) is 12.1 Å². The summed E-state index contributed by atoms with van der Waals surface area (Å²) >= 11 is 0. The van der Waals surface area contributed by atoms with E-state index in [0.717, 1.165) is 11.6 Å². The van der Waals surface area contributed by atoms with E-state index in [9.17, 15) is 18.3 Å². The Balaban J connectivity index is 0.00000420. The van der Waals surface area contributed by atoms with Crippen molar-refractivity contribution in [2.45, 2.75) is 32.6 Å². The van der Waals surface area contributed by atoms with E-state index in [4.69, 9.17) is 0 Å². The molecule has 5 nitrogen and oxygen atoms in total. The van der Waals surface area contributed by atoms with Gasteiger partial charge >= 0.3 is 6.61 Å². The van der Waals surface area contributed by atoms with Crippen LogP contribution >= 0.6 is 24.0 Å². The number of ether oxygens (including phenoxy) is 1. The van der Waals surface area contributed by atoms with Crippen molar-refractivity contribution >= 4 is 29.9 Å². The topological polar surface area (TPSA) is 65.9 Å². The van der Waals surface area contributed by atoms with Crippen LogP contribution in [0.2, 0.25) is 0 Å². The van der Waals surface area contributed by atoms with Gasteiger partial charge in [-0.25, -0.2) is 9.38 Å². The molecular weight excluding hydrogens is 498 g/mol. The van der Waals surface area contributed by atoms with Crippen LogP contribution in [0, 0.1) is 5.82 Å². The summed E-state index contributed by atoms with van der Waals surface area (Å²) in [6, 6.07) is 12.8. The summed E-state index contributed by atoms with van der Waals surface area (Å²) in [6.45, 7) is 0.900. The van der Waals surface area contributed by atoms with E-state index in [0.29, 0.717) is 12.5 Å². The van der Waals surface area contributed by atoms with E-state index in [1.54, 1.807) is 19.1 Å². The van der Waals surface area contributed by atoms with E-state index >= 15 is 0 Å². The lowest BCUT2D eigenvalue weighted by atomic mass is 9.96. The molecule has 0 fully saturated rings. The Morgan fingerprint density at radius 1 is 1.14 bits per heavy atom. The first-order valence-electron chi connectivity index (χ1n) is 8.85. The maximum absolute atomic E-state index is 14.1. The number of aliphatic imine (C=N–C) groups is 1. The van der Waals surface area contributed by atoms with Crippen LogP contribution in [0.25, 0.3) is 0 Å². The van der Waals surface area contributed by atoms with E-state index < -0.39 is 18.0 Å². The highest BCUT2D eigenvalue weighted by molar-refractivity contribution is 14.0. The molecule has 0 heterocycles. The average Bonchev–Trinajstić information content (AvgIpc) is 2.66. The lowest BCUT2D eigenvalue weighted by molar-refractivity contribution is -0.0506. The van der Waals surface area contributed by atoms with Gasteiger partial charge < -0.3 is 20.5 Å². The number of guanidine groups is 1. The Hall–Kier alpha value is -2.01. The summed E-state index contributed by atoms with van der Waals surface area (Å²) in [4.78, 5) is 4.23. The van der Waals surface area contributed by atoms with Gasteiger partial charge in [0.25, 0.3) is 0 Å². The molecule has 3 N–H and O–H groups in total. The van der Waals surface area contributed by atoms with Crippen molar-refractivity contribution in [2.24, 2.45) is 4.99 Å². The van der Waals surface area contributed by atoms with Gasteiger partial charge in [-0.2, -0.15) is 8.78 Å². The highest BCUT2D eigenvalue weighted by atomic mass is 127. The fourth-order valence-corrected chi connectivity index (χ4v) is 2.55. The van der Waals surface area contributed by atoms with Gasteiger partial charge in [0.1, 0.15) is 17.2 Å². The molecule has 2 aromatic carbocycles. The minimum Gasteiger partial charge on any atom is -0.434 e. The quantitative estimate of drug-likeness (QED) is 0.278. The third-order valence-electron chi connectivity index (χ3n) is 4.03. The number of hydrogen-bond donors (Lipinski definition) is 3. The van der Waals surface area contributed by atoms with Crippen LogP contribution in [0.4, 0.5) is 13.2 Å². The Morgan fingerprint density at radius 2 is 1.83 bits per heavy atom. The summed E-state index contributed by atoms with van der Waals surface area (Å²) in [7, 11) is 0. The zero-order chi connectivity index (χ0) is 20.6. The van der Waals surface area contributed by atoms with Gasteiger partial charge in [0.15, 0.2) is 5.96 Å². The lowest BCUT2D eigenvalue weighted by Gasteiger charge is -2.25. The third-order valence-corrected chi connectivity index (χ3v) is 4.03. The van der Waals surface area contributed by atoms with Crippen molar-refractivity contribution in [3.8, 4) is 5.75 Å². The molecule has 0 amide bonds. The lowest BCUT2D eigenvalue weighted by Crippen LogP contribution is -2.44. The second-order valence-electron chi connectivity index (χ2n) is 6.28. The Kier molecular flexibility index (Phi) is 10.2. The molecule has 1 unspecified atom stereocenters. The van der Waals surface area contributed by atoms with Crippen molar-refractivity contribution in [3.05, 3.63) is 65.5 Å². The number of alkyl halides is 2. The molecular formula is C20H25F3IN3O2. The Labute approximate surface area is 185 Å². The van der Waals surface area contributed by atoms with Crippen LogP contribution in [0.3, 0.4) is 0 Å². The summed E-state index contributed by atoms with van der Waals surface area (Å²) in [6.07, 6.45) is 0. The first-order chi connectivity index (χ1) is 13.3. The standard InChI is InChI=1S/C20H24F3N3O2.HI/c1-3-24-19(26-13-20(2,27)14-8-5-4-6-9-14)25-12-15-16(21)10-7-11-17(15)28-18(22)23;/h4-11,18,27H,3,12-13H2,1-2H3,(H2,24,25,26);1H. The molecule has 9 heteroatoms. The van der Waals surface area contributed by atoms with Crippen molar-refractivity contribution in [3.63, 3.8) is 0 Å².